The molecule has 0 atom stereocenters. The number of aromatic hydroxyl groups is 1. The largest absolute Gasteiger partial charge is 0.504 e. The summed E-state index contributed by atoms with van der Waals surface area (Å²) in [6.07, 6.45) is 4.53. The molecule has 1 rings (SSSR count). The Labute approximate surface area is 134 Å². The van der Waals surface area contributed by atoms with Gasteiger partial charge in [0.1, 0.15) is 0 Å². The molecule has 0 amide bonds. The van der Waals surface area contributed by atoms with Gasteiger partial charge in [0.2, 0.25) is 0 Å². The molecule has 0 fully saturated rings. The van der Waals surface area contributed by atoms with Gasteiger partial charge in [0.05, 0.1) is 13.7 Å². The van der Waals surface area contributed by atoms with E-state index in [1.54, 1.807) is 24.3 Å². The van der Waals surface area contributed by atoms with Gasteiger partial charge >= 0.3 is 5.97 Å². The zero-order chi connectivity index (χ0) is 17.4. The average molecular weight is 308 g/mol. The Morgan fingerprint density at radius 1 is 1.32 bits per heavy atom. The smallest absolute Gasteiger partial charge is 0.330 e. The van der Waals surface area contributed by atoms with Crippen LogP contribution >= 0.6 is 0 Å². The molecule has 1 N–H and O–H groups in total. The van der Waals surface area contributed by atoms with Crippen LogP contribution < -0.4 is 4.74 Å². The molecule has 0 unspecified atom stereocenters. The van der Waals surface area contributed by atoms with Crippen molar-refractivity contribution in [1.82, 2.24) is 0 Å². The second kappa shape index (κ2) is 15.2. The number of phenols is 1. The number of phenolic OH excluding ortho intramolecular Hbond substituents is 1. The summed E-state index contributed by atoms with van der Waals surface area (Å²) in [6.45, 7) is 12.4. The van der Waals surface area contributed by atoms with Crippen molar-refractivity contribution >= 4 is 5.97 Å². The minimum Gasteiger partial charge on any atom is -0.504 e. The van der Waals surface area contributed by atoms with Crippen LogP contribution in [0.25, 0.3) is 0 Å². The van der Waals surface area contributed by atoms with Crippen LogP contribution in [0, 0.1) is 0 Å². The third-order valence-corrected chi connectivity index (χ3v) is 2.30. The highest BCUT2D eigenvalue weighted by atomic mass is 16.5. The first-order chi connectivity index (χ1) is 10.7. The standard InChI is InChI=1S/C14H18O4.C2H6.C2H4/c1-3-9-18-14(16)6-4-5-11-7-8-12(15)13(10-11)17-2;2*1-2/h4,6-8,10,15H,3,5,9H2,1-2H3;1-2H3;1-2H2/b6-4+;;. The van der Waals surface area contributed by atoms with Crippen LogP contribution in [0.4, 0.5) is 0 Å². The second-order valence-electron chi connectivity index (χ2n) is 3.78. The number of hydrogen-bond donors (Lipinski definition) is 1. The lowest BCUT2D eigenvalue weighted by Crippen LogP contribution is -2.01. The molecule has 1 aromatic rings. The molecule has 22 heavy (non-hydrogen) atoms. The fourth-order valence-corrected chi connectivity index (χ4v) is 1.39. The molecule has 1 aromatic carbocycles. The Balaban J connectivity index is 0. The number of rotatable bonds is 6. The van der Waals surface area contributed by atoms with Crippen molar-refractivity contribution in [3.63, 3.8) is 0 Å². The first kappa shape index (κ1) is 22.1. The molecule has 0 aromatic heterocycles. The van der Waals surface area contributed by atoms with Crippen molar-refractivity contribution in [2.24, 2.45) is 0 Å². The van der Waals surface area contributed by atoms with Gasteiger partial charge in [-0.3, -0.25) is 0 Å². The van der Waals surface area contributed by atoms with E-state index < -0.39 is 0 Å². The molecule has 0 radical (unpaired) electrons. The Hall–Kier alpha value is -2.23. The van der Waals surface area contributed by atoms with Gasteiger partial charge in [-0.05, 0) is 30.5 Å². The number of ether oxygens (including phenoxy) is 2. The molecule has 0 saturated carbocycles. The van der Waals surface area contributed by atoms with E-state index in [-0.39, 0.29) is 11.7 Å². The zero-order valence-electron chi connectivity index (χ0n) is 14.1. The molecule has 124 valence electrons. The number of allylic oxidation sites excluding steroid dienone is 1. The van der Waals surface area contributed by atoms with Gasteiger partial charge in [-0.2, -0.15) is 0 Å². The Morgan fingerprint density at radius 3 is 2.50 bits per heavy atom. The van der Waals surface area contributed by atoms with E-state index in [1.807, 2.05) is 20.8 Å². The summed E-state index contributed by atoms with van der Waals surface area (Å²) in [7, 11) is 1.50. The van der Waals surface area contributed by atoms with Crippen molar-refractivity contribution in [2.45, 2.75) is 33.6 Å². The fourth-order valence-electron chi connectivity index (χ4n) is 1.39. The highest BCUT2D eigenvalue weighted by Gasteiger charge is 2.01. The molecular formula is C18H28O4. The van der Waals surface area contributed by atoms with Crippen molar-refractivity contribution in [3.8, 4) is 11.5 Å². The third-order valence-electron chi connectivity index (χ3n) is 2.30. The topological polar surface area (TPSA) is 55.8 Å². The summed E-state index contributed by atoms with van der Waals surface area (Å²) in [5.41, 5.74) is 0.948. The first-order valence-corrected chi connectivity index (χ1v) is 7.36. The first-order valence-electron chi connectivity index (χ1n) is 7.36. The van der Waals surface area contributed by atoms with Crippen LogP contribution in [-0.2, 0) is 16.0 Å². The van der Waals surface area contributed by atoms with Gasteiger partial charge in [0.15, 0.2) is 11.5 Å². The minimum absolute atomic E-state index is 0.104. The van der Waals surface area contributed by atoms with E-state index in [0.717, 1.165) is 12.0 Å². The maximum absolute atomic E-state index is 11.2. The summed E-state index contributed by atoms with van der Waals surface area (Å²) in [4.78, 5) is 11.2. The Bertz CT molecular complexity index is 439. The van der Waals surface area contributed by atoms with Crippen molar-refractivity contribution in [1.29, 1.82) is 0 Å². The maximum Gasteiger partial charge on any atom is 0.330 e. The summed E-state index contributed by atoms with van der Waals surface area (Å²) in [6, 6.07) is 5.08. The molecule has 4 heteroatoms. The van der Waals surface area contributed by atoms with Gasteiger partial charge in [0.25, 0.3) is 0 Å². The van der Waals surface area contributed by atoms with E-state index in [4.69, 9.17) is 9.47 Å². The predicted octanol–water partition coefficient (Wildman–Crippen LogP) is 4.28. The number of carbonyl (C=O) groups is 1. The number of methoxy groups -OCH3 is 1. The fraction of sp³-hybridized carbons (Fsp3) is 0.389. The highest BCUT2D eigenvalue weighted by Crippen LogP contribution is 2.26. The molecule has 0 aliphatic carbocycles. The summed E-state index contributed by atoms with van der Waals surface area (Å²) in [5.74, 6) is 0.199. The summed E-state index contributed by atoms with van der Waals surface area (Å²) >= 11 is 0. The molecule has 0 bridgehead atoms. The number of hydrogen-bond acceptors (Lipinski definition) is 4. The Morgan fingerprint density at radius 2 is 1.95 bits per heavy atom. The molecule has 0 spiro atoms. The van der Waals surface area contributed by atoms with Gasteiger partial charge in [-0.25, -0.2) is 4.79 Å². The monoisotopic (exact) mass is 308 g/mol. The van der Waals surface area contributed by atoms with Crippen molar-refractivity contribution in [2.75, 3.05) is 13.7 Å². The van der Waals surface area contributed by atoms with E-state index in [9.17, 15) is 9.90 Å². The SMILES string of the molecule is C=C.CC.CCCOC(=O)/C=C/Cc1ccc(O)c(OC)c1. The van der Waals surface area contributed by atoms with E-state index in [2.05, 4.69) is 13.2 Å². The highest BCUT2D eigenvalue weighted by molar-refractivity contribution is 5.81. The van der Waals surface area contributed by atoms with Crippen LogP contribution in [-0.4, -0.2) is 24.8 Å². The second-order valence-corrected chi connectivity index (χ2v) is 3.78. The number of benzene rings is 1. The van der Waals surface area contributed by atoms with Crippen LogP contribution in [0.1, 0.15) is 32.8 Å². The summed E-state index contributed by atoms with van der Waals surface area (Å²) in [5, 5.41) is 9.43. The molecular weight excluding hydrogens is 280 g/mol. The zero-order valence-corrected chi connectivity index (χ0v) is 14.1. The van der Waals surface area contributed by atoms with E-state index in [0.29, 0.717) is 18.8 Å². The molecule has 0 aliphatic heterocycles. The Kier molecular flexibility index (Phi) is 15.2. The van der Waals surface area contributed by atoms with Gasteiger partial charge < -0.3 is 14.6 Å². The lowest BCUT2D eigenvalue weighted by molar-refractivity contribution is -0.137. The van der Waals surface area contributed by atoms with E-state index in [1.165, 1.54) is 13.2 Å². The van der Waals surface area contributed by atoms with Crippen molar-refractivity contribution in [3.05, 3.63) is 49.1 Å². The van der Waals surface area contributed by atoms with E-state index >= 15 is 0 Å². The van der Waals surface area contributed by atoms with Crippen molar-refractivity contribution < 1.29 is 19.4 Å². The van der Waals surface area contributed by atoms with Gasteiger partial charge in [0, 0.05) is 6.08 Å². The molecule has 0 heterocycles. The molecule has 0 aliphatic rings. The number of esters is 1. The normalized spacial score (nSPS) is 9.09. The average Bonchev–Trinajstić information content (AvgIpc) is 2.58. The lowest BCUT2D eigenvalue weighted by atomic mass is 10.1. The molecule has 4 nitrogen and oxygen atoms in total. The molecule has 0 saturated heterocycles. The van der Waals surface area contributed by atoms with Crippen LogP contribution in [0.5, 0.6) is 11.5 Å². The lowest BCUT2D eigenvalue weighted by Gasteiger charge is -2.04. The third kappa shape index (κ3) is 9.64. The van der Waals surface area contributed by atoms with Gasteiger partial charge in [-0.1, -0.05) is 32.9 Å². The quantitative estimate of drug-likeness (QED) is 0.484. The van der Waals surface area contributed by atoms with Gasteiger partial charge in [-0.15, -0.1) is 13.2 Å². The van der Waals surface area contributed by atoms with Crippen LogP contribution in [0.3, 0.4) is 0 Å². The maximum atomic E-state index is 11.2. The minimum atomic E-state index is -0.331. The predicted molar refractivity (Wildman–Crippen MR) is 91.4 cm³/mol. The summed E-state index contributed by atoms with van der Waals surface area (Å²) < 4.78 is 9.90. The van der Waals surface area contributed by atoms with Crippen LogP contribution in [0.15, 0.2) is 43.5 Å². The van der Waals surface area contributed by atoms with Crippen LogP contribution in [0.2, 0.25) is 0 Å². The number of carbonyl (C=O) groups excluding carboxylic acids is 1.